The van der Waals surface area contributed by atoms with Crippen LogP contribution in [0.5, 0.6) is 0 Å². The number of hydrogen-bond donors (Lipinski definition) is 1. The summed E-state index contributed by atoms with van der Waals surface area (Å²) >= 11 is 6.00. The van der Waals surface area contributed by atoms with Crippen molar-refractivity contribution in [3.8, 4) is 0 Å². The summed E-state index contributed by atoms with van der Waals surface area (Å²) in [5.41, 5.74) is 1.91. The van der Waals surface area contributed by atoms with Gasteiger partial charge in [0.05, 0.1) is 11.3 Å². The van der Waals surface area contributed by atoms with Crippen molar-refractivity contribution in [1.29, 1.82) is 0 Å². The van der Waals surface area contributed by atoms with Gasteiger partial charge < -0.3 is 14.8 Å². The third-order valence-corrected chi connectivity index (χ3v) is 7.50. The number of halogens is 2. The first-order valence-electron chi connectivity index (χ1n) is 12.9. The van der Waals surface area contributed by atoms with Gasteiger partial charge in [0.25, 0.3) is 0 Å². The lowest BCUT2D eigenvalue weighted by atomic mass is 9.84. The van der Waals surface area contributed by atoms with Gasteiger partial charge in [0.2, 0.25) is 0 Å². The number of likely N-dealkylation sites (tertiary alicyclic amines) is 2. The van der Waals surface area contributed by atoms with Gasteiger partial charge in [0.15, 0.2) is 0 Å². The Bertz CT molecular complexity index is 938. The van der Waals surface area contributed by atoms with Gasteiger partial charge in [-0.25, -0.2) is 4.39 Å². The molecule has 5 nitrogen and oxygen atoms in total. The summed E-state index contributed by atoms with van der Waals surface area (Å²) in [4.78, 5) is 10.5. The van der Waals surface area contributed by atoms with Crippen molar-refractivity contribution in [2.45, 2.75) is 50.5 Å². The summed E-state index contributed by atoms with van der Waals surface area (Å²) in [6.45, 7) is 6.35. The molecule has 4 rings (SSSR count). The van der Waals surface area contributed by atoms with E-state index in [1.165, 1.54) is 31.4 Å². The summed E-state index contributed by atoms with van der Waals surface area (Å²) in [6, 6.07) is 14.0. The molecule has 0 aromatic heterocycles. The topological polar surface area (TPSA) is 48.3 Å². The highest BCUT2D eigenvalue weighted by Crippen LogP contribution is 2.33. The number of piperidine rings is 2. The predicted octanol–water partition coefficient (Wildman–Crippen LogP) is 5.45. The van der Waals surface area contributed by atoms with Crippen LogP contribution in [0.25, 0.3) is 0 Å². The van der Waals surface area contributed by atoms with Crippen LogP contribution in [-0.2, 0) is 10.4 Å². The zero-order valence-corrected chi connectivity index (χ0v) is 21.2. The SMILES string of the molecule is OC1(c2ccc(Cl)cc2)CCN(CCC/C(=N/OCCN2CCCCC2)c2ccc(F)cc2)CC1. The maximum atomic E-state index is 13.5. The van der Waals surface area contributed by atoms with E-state index in [1.807, 2.05) is 24.3 Å². The van der Waals surface area contributed by atoms with Gasteiger partial charge in [-0.05, 0) is 93.6 Å². The van der Waals surface area contributed by atoms with Crippen LogP contribution in [0.15, 0.2) is 53.7 Å². The zero-order valence-electron chi connectivity index (χ0n) is 20.5. The van der Waals surface area contributed by atoms with E-state index >= 15 is 0 Å². The predicted molar refractivity (Wildman–Crippen MR) is 139 cm³/mol. The van der Waals surface area contributed by atoms with Crippen LogP contribution < -0.4 is 0 Å². The van der Waals surface area contributed by atoms with Crippen molar-refractivity contribution in [1.82, 2.24) is 9.80 Å². The average Bonchev–Trinajstić information content (AvgIpc) is 2.88. The highest BCUT2D eigenvalue weighted by Gasteiger charge is 2.33. The molecule has 0 unspecified atom stereocenters. The highest BCUT2D eigenvalue weighted by atomic mass is 35.5. The van der Waals surface area contributed by atoms with Crippen LogP contribution in [0.2, 0.25) is 5.02 Å². The van der Waals surface area contributed by atoms with E-state index < -0.39 is 5.60 Å². The van der Waals surface area contributed by atoms with Gasteiger partial charge in [0.1, 0.15) is 12.4 Å². The first-order valence-corrected chi connectivity index (χ1v) is 13.3. The van der Waals surface area contributed by atoms with Crippen molar-refractivity contribution in [2.75, 3.05) is 45.9 Å². The molecular weight excluding hydrogens is 465 g/mol. The van der Waals surface area contributed by atoms with Crippen molar-refractivity contribution in [2.24, 2.45) is 5.16 Å². The molecule has 2 aromatic rings. The Hall–Kier alpha value is -1.99. The Morgan fingerprint density at radius 2 is 1.57 bits per heavy atom. The number of hydrogen-bond acceptors (Lipinski definition) is 5. The highest BCUT2D eigenvalue weighted by molar-refractivity contribution is 6.30. The van der Waals surface area contributed by atoms with Gasteiger partial charge in [-0.3, -0.25) is 4.90 Å². The second-order valence-electron chi connectivity index (χ2n) is 9.76. The van der Waals surface area contributed by atoms with Gasteiger partial charge in [-0.2, -0.15) is 0 Å². The van der Waals surface area contributed by atoms with Crippen molar-refractivity contribution in [3.05, 3.63) is 70.5 Å². The molecule has 2 aliphatic heterocycles. The van der Waals surface area contributed by atoms with Gasteiger partial charge in [0, 0.05) is 24.7 Å². The summed E-state index contributed by atoms with van der Waals surface area (Å²) in [5, 5.41) is 16.3. The molecular formula is C28H37ClFN3O2. The lowest BCUT2D eigenvalue weighted by Crippen LogP contribution is -2.42. The number of rotatable bonds is 10. The van der Waals surface area contributed by atoms with Crippen LogP contribution in [0.3, 0.4) is 0 Å². The molecule has 0 saturated carbocycles. The minimum atomic E-state index is -0.788. The standard InChI is InChI=1S/C28H37ClFN3O2/c29-25-10-8-24(9-11-25)28(34)14-19-33(20-15-28)18-4-5-27(23-6-12-26(30)13-7-23)31-35-22-21-32-16-2-1-3-17-32/h6-13,34H,1-5,14-22H2/b31-27-. The molecule has 0 spiro atoms. The quantitative estimate of drug-likeness (QED) is 0.267. The Morgan fingerprint density at radius 3 is 2.26 bits per heavy atom. The number of benzene rings is 2. The fourth-order valence-electron chi connectivity index (χ4n) is 5.03. The fourth-order valence-corrected chi connectivity index (χ4v) is 5.15. The first-order chi connectivity index (χ1) is 17.0. The number of nitrogens with zero attached hydrogens (tertiary/aromatic N) is 3. The molecule has 0 radical (unpaired) electrons. The average molecular weight is 502 g/mol. The molecule has 2 aromatic carbocycles. The summed E-state index contributed by atoms with van der Waals surface area (Å²) < 4.78 is 13.5. The molecule has 0 atom stereocenters. The van der Waals surface area contributed by atoms with Crippen LogP contribution in [0.1, 0.15) is 56.1 Å². The zero-order chi connectivity index (χ0) is 24.5. The first kappa shape index (κ1) is 26.1. The van der Waals surface area contributed by atoms with Crippen molar-refractivity contribution < 1.29 is 14.3 Å². The minimum Gasteiger partial charge on any atom is -0.394 e. The Labute approximate surface area is 213 Å². The summed E-state index contributed by atoms with van der Waals surface area (Å²) in [6.07, 6.45) is 6.93. The Morgan fingerprint density at radius 1 is 0.914 bits per heavy atom. The molecule has 35 heavy (non-hydrogen) atoms. The van der Waals surface area contributed by atoms with Gasteiger partial charge in [-0.15, -0.1) is 0 Å². The molecule has 1 N–H and O–H groups in total. The monoisotopic (exact) mass is 501 g/mol. The molecule has 0 bridgehead atoms. The Kier molecular flexibility index (Phi) is 9.55. The van der Waals surface area contributed by atoms with Crippen LogP contribution in [-0.4, -0.2) is 66.5 Å². The lowest BCUT2D eigenvalue weighted by Gasteiger charge is -2.38. The molecule has 0 amide bonds. The van der Waals surface area contributed by atoms with E-state index in [0.717, 1.165) is 68.9 Å². The third kappa shape index (κ3) is 7.74. The second kappa shape index (κ2) is 12.8. The van der Waals surface area contributed by atoms with E-state index in [1.54, 1.807) is 12.1 Å². The summed E-state index contributed by atoms with van der Waals surface area (Å²) in [7, 11) is 0. The largest absolute Gasteiger partial charge is 0.394 e. The summed E-state index contributed by atoms with van der Waals surface area (Å²) in [5.74, 6) is -0.249. The molecule has 2 fully saturated rings. The number of oxime groups is 1. The van der Waals surface area contributed by atoms with E-state index in [9.17, 15) is 9.50 Å². The molecule has 2 heterocycles. The molecule has 190 valence electrons. The molecule has 0 aliphatic carbocycles. The van der Waals surface area contributed by atoms with E-state index in [4.69, 9.17) is 16.4 Å². The van der Waals surface area contributed by atoms with Crippen molar-refractivity contribution >= 4 is 17.3 Å². The van der Waals surface area contributed by atoms with E-state index in [-0.39, 0.29) is 5.82 Å². The lowest BCUT2D eigenvalue weighted by molar-refractivity contribution is -0.0259. The van der Waals surface area contributed by atoms with E-state index in [0.29, 0.717) is 24.5 Å². The minimum absolute atomic E-state index is 0.249. The molecule has 2 saturated heterocycles. The van der Waals surface area contributed by atoms with Crippen LogP contribution in [0.4, 0.5) is 4.39 Å². The fraction of sp³-hybridized carbons (Fsp3) is 0.536. The van der Waals surface area contributed by atoms with Crippen molar-refractivity contribution in [3.63, 3.8) is 0 Å². The van der Waals surface area contributed by atoms with E-state index in [2.05, 4.69) is 15.0 Å². The maximum Gasteiger partial charge on any atom is 0.129 e. The van der Waals surface area contributed by atoms with Crippen LogP contribution in [0, 0.1) is 5.82 Å². The van der Waals surface area contributed by atoms with Gasteiger partial charge in [-0.1, -0.05) is 47.4 Å². The second-order valence-corrected chi connectivity index (χ2v) is 10.2. The molecule has 2 aliphatic rings. The van der Waals surface area contributed by atoms with Gasteiger partial charge >= 0.3 is 0 Å². The smallest absolute Gasteiger partial charge is 0.129 e. The number of aliphatic hydroxyl groups is 1. The normalized spacial score (nSPS) is 19.6. The van der Waals surface area contributed by atoms with Crippen LogP contribution >= 0.6 is 11.6 Å². The molecule has 7 heteroatoms. The maximum absolute atomic E-state index is 13.5. The third-order valence-electron chi connectivity index (χ3n) is 7.25. The Balaban J connectivity index is 1.26.